The number of halogens is 2. The molecule has 5 heteroatoms. The summed E-state index contributed by atoms with van der Waals surface area (Å²) in [6.07, 6.45) is 4.61. The smallest absolute Gasteiger partial charge is 0.254 e. The van der Waals surface area contributed by atoms with E-state index in [0.717, 1.165) is 32.1 Å². The highest BCUT2D eigenvalue weighted by Crippen LogP contribution is 2.55. The highest BCUT2D eigenvalue weighted by atomic mass is 79.9. The van der Waals surface area contributed by atoms with Crippen LogP contribution in [-0.2, 0) is 0 Å². The van der Waals surface area contributed by atoms with Gasteiger partial charge in [0.1, 0.15) is 5.82 Å². The lowest BCUT2D eigenvalue weighted by atomic mass is 9.52. The van der Waals surface area contributed by atoms with Crippen LogP contribution in [0.25, 0.3) is 0 Å². The summed E-state index contributed by atoms with van der Waals surface area (Å²) in [7, 11) is 0. The van der Waals surface area contributed by atoms with Crippen LogP contribution in [0.2, 0.25) is 0 Å². The number of aliphatic hydroxyl groups is 1. The number of benzene rings is 1. The first-order chi connectivity index (χ1) is 10.4. The molecule has 1 aromatic carbocycles. The van der Waals surface area contributed by atoms with Crippen molar-refractivity contribution in [3.8, 4) is 0 Å². The summed E-state index contributed by atoms with van der Waals surface area (Å²) in [5, 5.41) is 13.6. The average molecular weight is 368 g/mol. The summed E-state index contributed by atoms with van der Waals surface area (Å²) in [5.41, 5.74) is -0.420. The molecule has 5 rings (SSSR count). The van der Waals surface area contributed by atoms with Crippen LogP contribution in [0.15, 0.2) is 22.7 Å². The number of rotatable bonds is 2. The summed E-state index contributed by atoms with van der Waals surface area (Å²) in [6.45, 7) is 0. The molecule has 4 aliphatic carbocycles. The fraction of sp³-hybridized carbons (Fsp3) is 0.588. The zero-order valence-corrected chi connectivity index (χ0v) is 13.8. The van der Waals surface area contributed by atoms with Crippen molar-refractivity contribution in [2.45, 2.75) is 43.7 Å². The largest absolute Gasteiger partial charge is 0.390 e. The van der Waals surface area contributed by atoms with Gasteiger partial charge in [-0.3, -0.25) is 4.79 Å². The van der Waals surface area contributed by atoms with Crippen molar-refractivity contribution < 1.29 is 14.3 Å². The van der Waals surface area contributed by atoms with Gasteiger partial charge in [-0.1, -0.05) is 15.9 Å². The number of nitrogens with one attached hydrogen (secondary N) is 1. The normalized spacial score (nSPS) is 39.0. The van der Waals surface area contributed by atoms with Crippen LogP contribution >= 0.6 is 15.9 Å². The number of carbonyl (C=O) groups excluding carboxylic acids is 1. The van der Waals surface area contributed by atoms with Gasteiger partial charge >= 0.3 is 0 Å². The van der Waals surface area contributed by atoms with E-state index in [4.69, 9.17) is 0 Å². The zero-order chi connectivity index (χ0) is 15.5. The topological polar surface area (TPSA) is 49.3 Å². The molecule has 0 saturated heterocycles. The highest BCUT2D eigenvalue weighted by molar-refractivity contribution is 9.10. The van der Waals surface area contributed by atoms with E-state index < -0.39 is 11.4 Å². The van der Waals surface area contributed by atoms with Gasteiger partial charge in [0.05, 0.1) is 11.2 Å². The molecule has 0 aliphatic heterocycles. The molecule has 1 amide bonds. The predicted octanol–water partition coefficient (Wildman–Crippen LogP) is 3.26. The van der Waals surface area contributed by atoms with Gasteiger partial charge in [-0.15, -0.1) is 0 Å². The number of carbonyl (C=O) groups is 1. The molecule has 3 nitrogen and oxygen atoms in total. The number of amides is 1. The Morgan fingerprint density at radius 2 is 1.95 bits per heavy atom. The Labute approximate surface area is 137 Å². The quantitative estimate of drug-likeness (QED) is 0.842. The standard InChI is InChI=1S/C17H19BrFNO2/c18-12-1-2-13(14(19)5-12)16(21)20-15-10-3-9-4-11(15)8-17(22,6-9)7-10/h1-2,5,9-11,15,22H,3-4,6-8H2,(H,20,21)/t9?,10?,11?,15-,17-. The van der Waals surface area contributed by atoms with Crippen LogP contribution < -0.4 is 5.32 Å². The SMILES string of the molecule is O=C(N[C@H]1C2CC3CC1C[C@](O)(C3)C2)c1ccc(Br)cc1F. The fourth-order valence-electron chi connectivity index (χ4n) is 5.12. The van der Waals surface area contributed by atoms with E-state index in [1.807, 2.05) is 0 Å². The molecule has 0 aromatic heterocycles. The molecule has 0 spiro atoms. The Kier molecular flexibility index (Phi) is 3.35. The lowest BCUT2D eigenvalue weighted by Gasteiger charge is -2.58. The Hall–Kier alpha value is -0.940. The first-order valence-corrected chi connectivity index (χ1v) is 8.71. The Morgan fingerprint density at radius 3 is 2.55 bits per heavy atom. The molecular formula is C17H19BrFNO2. The molecule has 4 bridgehead atoms. The van der Waals surface area contributed by atoms with Crippen LogP contribution in [0.1, 0.15) is 42.5 Å². The van der Waals surface area contributed by atoms with Gasteiger partial charge in [0, 0.05) is 10.5 Å². The van der Waals surface area contributed by atoms with E-state index >= 15 is 0 Å². The van der Waals surface area contributed by atoms with Crippen LogP contribution in [0, 0.1) is 23.6 Å². The van der Waals surface area contributed by atoms with Gasteiger partial charge in [0.15, 0.2) is 0 Å². The molecule has 22 heavy (non-hydrogen) atoms. The Balaban J connectivity index is 1.53. The molecule has 0 radical (unpaired) electrons. The van der Waals surface area contributed by atoms with Crippen molar-refractivity contribution in [1.29, 1.82) is 0 Å². The van der Waals surface area contributed by atoms with Gasteiger partial charge in [0.25, 0.3) is 5.91 Å². The molecule has 2 atom stereocenters. The van der Waals surface area contributed by atoms with E-state index in [0.29, 0.717) is 22.2 Å². The van der Waals surface area contributed by atoms with Crippen molar-refractivity contribution in [3.05, 3.63) is 34.1 Å². The van der Waals surface area contributed by atoms with E-state index in [1.165, 1.54) is 12.1 Å². The number of hydrogen-bond donors (Lipinski definition) is 2. The summed E-state index contributed by atoms with van der Waals surface area (Å²) in [5.74, 6) is 0.418. The third-order valence-electron chi connectivity index (χ3n) is 5.71. The summed E-state index contributed by atoms with van der Waals surface area (Å²) >= 11 is 3.20. The maximum atomic E-state index is 13.9. The van der Waals surface area contributed by atoms with Crippen molar-refractivity contribution in [1.82, 2.24) is 5.32 Å². The zero-order valence-electron chi connectivity index (χ0n) is 12.2. The van der Waals surface area contributed by atoms with E-state index in [-0.39, 0.29) is 17.5 Å². The highest BCUT2D eigenvalue weighted by Gasteiger charge is 2.55. The minimum Gasteiger partial charge on any atom is -0.390 e. The van der Waals surface area contributed by atoms with E-state index in [2.05, 4.69) is 21.2 Å². The monoisotopic (exact) mass is 367 g/mol. The summed E-state index contributed by atoms with van der Waals surface area (Å²) < 4.78 is 14.6. The van der Waals surface area contributed by atoms with Crippen LogP contribution in [0.5, 0.6) is 0 Å². The average Bonchev–Trinajstić information content (AvgIpc) is 2.40. The van der Waals surface area contributed by atoms with Crippen molar-refractivity contribution >= 4 is 21.8 Å². The second kappa shape index (κ2) is 5.03. The maximum absolute atomic E-state index is 13.9. The molecule has 1 aromatic rings. The van der Waals surface area contributed by atoms with Crippen LogP contribution in [-0.4, -0.2) is 22.7 Å². The summed E-state index contributed by atoms with van der Waals surface area (Å²) in [4.78, 5) is 12.4. The lowest BCUT2D eigenvalue weighted by molar-refractivity contribution is -0.136. The second-order valence-electron chi connectivity index (χ2n) is 7.32. The molecule has 4 aliphatic rings. The fourth-order valence-corrected chi connectivity index (χ4v) is 5.45. The molecule has 118 valence electrons. The second-order valence-corrected chi connectivity index (χ2v) is 8.23. The van der Waals surface area contributed by atoms with Gasteiger partial charge < -0.3 is 10.4 Å². The maximum Gasteiger partial charge on any atom is 0.254 e. The first-order valence-electron chi connectivity index (χ1n) is 7.92. The van der Waals surface area contributed by atoms with Gasteiger partial charge in [-0.05, 0) is 68.1 Å². The molecule has 2 N–H and O–H groups in total. The Morgan fingerprint density at radius 1 is 1.27 bits per heavy atom. The number of hydrogen-bond acceptors (Lipinski definition) is 2. The third kappa shape index (κ3) is 2.38. The molecule has 0 heterocycles. The molecule has 4 fully saturated rings. The summed E-state index contributed by atoms with van der Waals surface area (Å²) in [6, 6.07) is 4.58. The predicted molar refractivity (Wildman–Crippen MR) is 83.9 cm³/mol. The third-order valence-corrected chi connectivity index (χ3v) is 6.21. The lowest BCUT2D eigenvalue weighted by Crippen LogP contribution is -2.61. The van der Waals surface area contributed by atoms with Gasteiger partial charge in [-0.2, -0.15) is 0 Å². The Bertz CT molecular complexity index is 619. The molecular weight excluding hydrogens is 349 g/mol. The molecule has 4 saturated carbocycles. The van der Waals surface area contributed by atoms with Gasteiger partial charge in [0.2, 0.25) is 0 Å². The minimum absolute atomic E-state index is 0.0763. The van der Waals surface area contributed by atoms with Crippen LogP contribution in [0.3, 0.4) is 0 Å². The van der Waals surface area contributed by atoms with Gasteiger partial charge in [-0.25, -0.2) is 4.39 Å². The molecule has 2 unspecified atom stereocenters. The van der Waals surface area contributed by atoms with Crippen molar-refractivity contribution in [2.24, 2.45) is 17.8 Å². The minimum atomic E-state index is -0.513. The first kappa shape index (κ1) is 14.6. The van der Waals surface area contributed by atoms with Crippen molar-refractivity contribution in [3.63, 3.8) is 0 Å². The van der Waals surface area contributed by atoms with E-state index in [9.17, 15) is 14.3 Å². The van der Waals surface area contributed by atoms with Crippen molar-refractivity contribution in [2.75, 3.05) is 0 Å². The van der Waals surface area contributed by atoms with Crippen LogP contribution in [0.4, 0.5) is 4.39 Å². The van der Waals surface area contributed by atoms with E-state index in [1.54, 1.807) is 6.07 Å².